The summed E-state index contributed by atoms with van der Waals surface area (Å²) in [7, 11) is 1.06. The van der Waals surface area contributed by atoms with Crippen molar-refractivity contribution in [3.8, 4) is 11.5 Å². The Kier molecular flexibility index (Phi) is 8.27. The lowest BCUT2D eigenvalue weighted by atomic mass is 10.0. The Morgan fingerprint density at radius 3 is 2.15 bits per heavy atom. The summed E-state index contributed by atoms with van der Waals surface area (Å²) in [6.45, 7) is 13.0. The van der Waals surface area contributed by atoms with Gasteiger partial charge in [-0.2, -0.15) is 0 Å². The molecule has 7 heteroatoms. The molecule has 0 radical (unpaired) electrons. The summed E-state index contributed by atoms with van der Waals surface area (Å²) >= 11 is 0. The molecule has 26 heavy (non-hydrogen) atoms. The van der Waals surface area contributed by atoms with E-state index < -0.39 is 8.32 Å². The third-order valence-corrected chi connectivity index (χ3v) is 9.23. The van der Waals surface area contributed by atoms with Crippen LogP contribution < -0.4 is 9.47 Å². The molecule has 0 aliphatic heterocycles. The van der Waals surface area contributed by atoms with E-state index in [1.807, 2.05) is 13.0 Å². The largest absolute Gasteiger partial charge is 0.467 e. The van der Waals surface area contributed by atoms with Crippen molar-refractivity contribution < 1.29 is 28.2 Å². The van der Waals surface area contributed by atoms with Crippen molar-refractivity contribution in [3.05, 3.63) is 23.3 Å². The van der Waals surface area contributed by atoms with Gasteiger partial charge in [-0.25, -0.2) is 0 Å². The molecule has 0 aromatic heterocycles. The second kappa shape index (κ2) is 9.50. The molecule has 0 spiro atoms. The predicted octanol–water partition coefficient (Wildman–Crippen LogP) is 4.55. The van der Waals surface area contributed by atoms with Crippen LogP contribution in [0.15, 0.2) is 12.1 Å². The third-order valence-electron chi connectivity index (χ3n) is 4.67. The molecule has 1 atom stereocenters. The molecule has 1 aromatic carbocycles. The summed E-state index contributed by atoms with van der Waals surface area (Å²) in [6.07, 6.45) is 0.483. The average molecular weight is 385 g/mol. The van der Waals surface area contributed by atoms with E-state index in [4.69, 9.17) is 23.4 Å². The van der Waals surface area contributed by atoms with E-state index in [0.717, 1.165) is 11.8 Å². The van der Waals surface area contributed by atoms with Gasteiger partial charge in [-0.05, 0) is 37.2 Å². The van der Waals surface area contributed by atoms with Crippen LogP contribution in [0.4, 0.5) is 0 Å². The Morgan fingerprint density at radius 2 is 1.65 bits per heavy atom. The van der Waals surface area contributed by atoms with Crippen LogP contribution in [-0.2, 0) is 13.9 Å². The van der Waals surface area contributed by atoms with Crippen LogP contribution in [0.1, 0.15) is 49.7 Å². The maximum atomic E-state index is 11.7. The quantitative estimate of drug-likeness (QED) is 0.335. The SMILES string of the molecule is COCOc1ccc(C(C)O[Si](C)(C)C(C)(C)C)c(OCOC)c1C=O. The first-order valence-corrected chi connectivity index (χ1v) is 11.5. The lowest BCUT2D eigenvalue weighted by molar-refractivity contribution is 0.0433. The highest BCUT2D eigenvalue weighted by molar-refractivity contribution is 6.74. The highest BCUT2D eigenvalue weighted by atomic mass is 28.4. The van der Waals surface area contributed by atoms with Gasteiger partial charge in [0.25, 0.3) is 0 Å². The first kappa shape index (κ1) is 22.6. The Morgan fingerprint density at radius 1 is 1.08 bits per heavy atom. The fourth-order valence-electron chi connectivity index (χ4n) is 2.24. The second-order valence-corrected chi connectivity index (χ2v) is 12.4. The first-order valence-electron chi connectivity index (χ1n) is 8.62. The van der Waals surface area contributed by atoms with Crippen molar-refractivity contribution >= 4 is 14.6 Å². The van der Waals surface area contributed by atoms with Crippen molar-refractivity contribution in [1.82, 2.24) is 0 Å². The monoisotopic (exact) mass is 384 g/mol. The van der Waals surface area contributed by atoms with E-state index >= 15 is 0 Å². The number of benzene rings is 1. The number of carbonyl (C=O) groups excluding carboxylic acids is 1. The molecule has 148 valence electrons. The van der Waals surface area contributed by atoms with Gasteiger partial charge in [-0.3, -0.25) is 4.79 Å². The van der Waals surface area contributed by atoms with Crippen LogP contribution >= 0.6 is 0 Å². The Labute approximate surface area is 157 Å². The van der Waals surface area contributed by atoms with Crippen molar-refractivity contribution in [2.45, 2.75) is 51.9 Å². The number of hydrogen-bond donors (Lipinski definition) is 0. The molecule has 0 aliphatic rings. The topological polar surface area (TPSA) is 63.2 Å². The number of rotatable bonds is 10. The summed E-state index contributed by atoms with van der Waals surface area (Å²) in [5.74, 6) is 0.817. The van der Waals surface area contributed by atoms with Crippen LogP contribution in [0.25, 0.3) is 0 Å². The lowest BCUT2D eigenvalue weighted by Crippen LogP contribution is -2.41. The van der Waals surface area contributed by atoms with E-state index in [9.17, 15) is 4.79 Å². The van der Waals surface area contributed by atoms with E-state index in [-0.39, 0.29) is 24.7 Å². The number of hydrogen-bond acceptors (Lipinski definition) is 6. The van der Waals surface area contributed by atoms with Crippen LogP contribution in [-0.4, -0.2) is 42.4 Å². The minimum atomic E-state index is -1.99. The smallest absolute Gasteiger partial charge is 0.192 e. The van der Waals surface area contributed by atoms with Gasteiger partial charge in [0.15, 0.2) is 28.2 Å². The van der Waals surface area contributed by atoms with Crippen LogP contribution in [0, 0.1) is 0 Å². The van der Waals surface area contributed by atoms with Gasteiger partial charge in [0, 0.05) is 19.8 Å². The molecule has 0 saturated heterocycles. The molecule has 0 fully saturated rings. The molecular formula is C19H32O6Si. The van der Waals surface area contributed by atoms with Crippen molar-refractivity contribution in [2.75, 3.05) is 27.8 Å². The summed E-state index contributed by atoms with van der Waals surface area (Å²) < 4.78 is 27.6. The van der Waals surface area contributed by atoms with E-state index in [2.05, 4.69) is 33.9 Å². The number of carbonyl (C=O) groups is 1. The third kappa shape index (κ3) is 5.54. The van der Waals surface area contributed by atoms with Crippen LogP contribution in [0.3, 0.4) is 0 Å². The van der Waals surface area contributed by atoms with Crippen molar-refractivity contribution in [3.63, 3.8) is 0 Å². The fourth-order valence-corrected chi connectivity index (χ4v) is 3.60. The van der Waals surface area contributed by atoms with E-state index in [1.165, 1.54) is 14.2 Å². The molecule has 1 unspecified atom stereocenters. The highest BCUT2D eigenvalue weighted by Crippen LogP contribution is 2.42. The number of aldehydes is 1. The van der Waals surface area contributed by atoms with Crippen LogP contribution in [0.2, 0.25) is 18.1 Å². The van der Waals surface area contributed by atoms with Crippen molar-refractivity contribution in [1.29, 1.82) is 0 Å². The number of ether oxygens (including phenoxy) is 4. The van der Waals surface area contributed by atoms with Gasteiger partial charge in [0.05, 0.1) is 11.7 Å². The van der Waals surface area contributed by atoms with Gasteiger partial charge >= 0.3 is 0 Å². The second-order valence-electron chi connectivity index (χ2n) is 7.64. The van der Waals surface area contributed by atoms with Gasteiger partial charge < -0.3 is 23.4 Å². The minimum Gasteiger partial charge on any atom is -0.467 e. The maximum absolute atomic E-state index is 11.7. The zero-order valence-corrected chi connectivity index (χ0v) is 18.2. The molecule has 0 heterocycles. The molecule has 0 aliphatic carbocycles. The first-order chi connectivity index (χ1) is 12.1. The summed E-state index contributed by atoms with van der Waals surface area (Å²) in [5.41, 5.74) is 1.11. The molecule has 6 nitrogen and oxygen atoms in total. The molecule has 0 N–H and O–H groups in total. The van der Waals surface area contributed by atoms with Gasteiger partial charge in [-0.1, -0.05) is 20.8 Å². The van der Waals surface area contributed by atoms with E-state index in [1.54, 1.807) is 6.07 Å². The maximum Gasteiger partial charge on any atom is 0.192 e. The van der Waals surface area contributed by atoms with Crippen molar-refractivity contribution in [2.24, 2.45) is 0 Å². The molecule has 0 bridgehead atoms. The molecule has 1 rings (SSSR count). The summed E-state index contributed by atoms with van der Waals surface area (Å²) in [5, 5.41) is 0.0732. The summed E-state index contributed by atoms with van der Waals surface area (Å²) in [4.78, 5) is 11.7. The lowest BCUT2D eigenvalue weighted by Gasteiger charge is -2.38. The molecule has 1 aromatic rings. The Hall–Kier alpha value is -1.41. The summed E-state index contributed by atoms with van der Waals surface area (Å²) in [6, 6.07) is 3.60. The van der Waals surface area contributed by atoms with E-state index in [0.29, 0.717) is 17.1 Å². The molecular weight excluding hydrogens is 352 g/mol. The normalized spacial score (nSPS) is 13.4. The zero-order chi connectivity index (χ0) is 20.0. The Balaban J connectivity index is 3.29. The van der Waals surface area contributed by atoms with Gasteiger partial charge in [-0.15, -0.1) is 0 Å². The highest BCUT2D eigenvalue weighted by Gasteiger charge is 2.39. The van der Waals surface area contributed by atoms with Gasteiger partial charge in [0.1, 0.15) is 11.5 Å². The standard InChI is InChI=1S/C19H32O6Si/c1-14(25-26(7,8)19(2,3)4)15-9-10-17(23-12-21-5)16(11-20)18(15)24-13-22-6/h9-11,14H,12-13H2,1-8H3. The average Bonchev–Trinajstić information content (AvgIpc) is 2.55. The number of methoxy groups -OCH3 is 2. The molecule has 0 saturated carbocycles. The van der Waals surface area contributed by atoms with Crippen LogP contribution in [0.5, 0.6) is 11.5 Å². The Bertz CT molecular complexity index is 594. The minimum absolute atomic E-state index is 0.0222. The van der Waals surface area contributed by atoms with Gasteiger partial charge in [0.2, 0.25) is 0 Å². The fraction of sp³-hybridized carbons (Fsp3) is 0.632. The predicted molar refractivity (Wildman–Crippen MR) is 104 cm³/mol. The molecule has 0 amide bonds. The zero-order valence-electron chi connectivity index (χ0n) is 17.2.